The van der Waals surface area contributed by atoms with Crippen LogP contribution in [0.15, 0.2) is 18.2 Å². The summed E-state index contributed by atoms with van der Waals surface area (Å²) >= 11 is 0. The topological polar surface area (TPSA) is 35.5 Å². The second kappa shape index (κ2) is 6.16. The lowest BCUT2D eigenvalue weighted by molar-refractivity contribution is 0.199. The minimum Gasteiger partial charge on any atom is -0.508 e. The number of phenolic OH excluding ortho intramolecular Hbond substituents is 1. The van der Waals surface area contributed by atoms with Gasteiger partial charge in [-0.05, 0) is 43.6 Å². The molecule has 1 unspecified atom stereocenters. The lowest BCUT2D eigenvalue weighted by atomic mass is 10.1. The monoisotopic (exact) mass is 252 g/mol. The Bertz CT molecular complexity index is 371. The van der Waals surface area contributed by atoms with Crippen LogP contribution in [-0.2, 0) is 6.54 Å². The molecule has 0 saturated carbocycles. The van der Waals surface area contributed by atoms with E-state index in [2.05, 4.69) is 17.1 Å². The highest BCUT2D eigenvalue weighted by atomic mass is 19.1. The van der Waals surface area contributed by atoms with Gasteiger partial charge in [0.1, 0.15) is 11.6 Å². The van der Waals surface area contributed by atoms with Crippen molar-refractivity contribution in [3.8, 4) is 5.75 Å². The normalized spacial score (nSPS) is 19.6. The molecule has 1 atom stereocenters. The third-order valence-electron chi connectivity index (χ3n) is 3.39. The number of phenols is 1. The van der Waals surface area contributed by atoms with Gasteiger partial charge in [-0.1, -0.05) is 6.92 Å². The minimum absolute atomic E-state index is 0.00555. The Morgan fingerprint density at radius 1 is 1.44 bits per heavy atom. The molecular formula is C14H21FN2O. The fraction of sp³-hybridized carbons (Fsp3) is 0.571. The average molecular weight is 252 g/mol. The SMILES string of the molecule is CCCN(Cc1cc(O)cc(F)c1)C1CCNC1. The highest BCUT2D eigenvalue weighted by molar-refractivity contribution is 5.28. The third kappa shape index (κ3) is 3.43. The van der Waals surface area contributed by atoms with Crippen LogP contribution < -0.4 is 5.32 Å². The molecule has 18 heavy (non-hydrogen) atoms. The summed E-state index contributed by atoms with van der Waals surface area (Å²) in [7, 11) is 0. The zero-order valence-electron chi connectivity index (χ0n) is 10.8. The quantitative estimate of drug-likeness (QED) is 0.842. The smallest absolute Gasteiger partial charge is 0.127 e. The van der Waals surface area contributed by atoms with Crippen molar-refractivity contribution >= 4 is 0 Å². The Balaban J connectivity index is 2.07. The summed E-state index contributed by atoms with van der Waals surface area (Å²) in [4.78, 5) is 2.37. The highest BCUT2D eigenvalue weighted by Crippen LogP contribution is 2.19. The van der Waals surface area contributed by atoms with Gasteiger partial charge in [-0.2, -0.15) is 0 Å². The lowest BCUT2D eigenvalue weighted by Crippen LogP contribution is -2.36. The Kier molecular flexibility index (Phi) is 4.55. The van der Waals surface area contributed by atoms with Crippen molar-refractivity contribution < 1.29 is 9.50 Å². The van der Waals surface area contributed by atoms with E-state index in [0.717, 1.165) is 44.1 Å². The second-order valence-electron chi connectivity index (χ2n) is 4.93. The van der Waals surface area contributed by atoms with E-state index in [9.17, 15) is 9.50 Å². The van der Waals surface area contributed by atoms with E-state index in [-0.39, 0.29) is 11.6 Å². The number of nitrogens with zero attached hydrogens (tertiary/aromatic N) is 1. The summed E-state index contributed by atoms with van der Waals surface area (Å²) in [6, 6.07) is 4.82. The zero-order valence-corrected chi connectivity index (χ0v) is 10.8. The van der Waals surface area contributed by atoms with Crippen LogP contribution in [0.5, 0.6) is 5.75 Å². The summed E-state index contributed by atoms with van der Waals surface area (Å²) in [5.41, 5.74) is 0.841. The molecule has 1 aromatic carbocycles. The molecule has 2 N–H and O–H groups in total. The first-order valence-corrected chi connectivity index (χ1v) is 6.62. The van der Waals surface area contributed by atoms with Gasteiger partial charge in [-0.3, -0.25) is 4.90 Å². The van der Waals surface area contributed by atoms with E-state index < -0.39 is 0 Å². The first kappa shape index (κ1) is 13.3. The minimum atomic E-state index is -0.369. The molecule has 1 aliphatic rings. The number of nitrogens with one attached hydrogen (secondary N) is 1. The van der Waals surface area contributed by atoms with Crippen molar-refractivity contribution in [2.24, 2.45) is 0 Å². The lowest BCUT2D eigenvalue weighted by Gasteiger charge is -2.28. The van der Waals surface area contributed by atoms with Crippen LogP contribution in [0.1, 0.15) is 25.3 Å². The van der Waals surface area contributed by atoms with Crippen molar-refractivity contribution in [2.45, 2.75) is 32.4 Å². The van der Waals surface area contributed by atoms with Crippen molar-refractivity contribution in [1.82, 2.24) is 10.2 Å². The summed E-state index contributed by atoms with van der Waals surface area (Å²) in [6.45, 7) is 5.91. The summed E-state index contributed by atoms with van der Waals surface area (Å²) in [5, 5.41) is 12.8. The fourth-order valence-corrected chi connectivity index (χ4v) is 2.59. The molecule has 1 heterocycles. The molecule has 1 saturated heterocycles. The number of hydrogen-bond donors (Lipinski definition) is 2. The van der Waals surface area contributed by atoms with Gasteiger partial charge in [0.25, 0.3) is 0 Å². The average Bonchev–Trinajstić information content (AvgIpc) is 2.80. The summed E-state index contributed by atoms with van der Waals surface area (Å²) < 4.78 is 13.3. The van der Waals surface area contributed by atoms with E-state index in [1.165, 1.54) is 6.07 Å². The van der Waals surface area contributed by atoms with Gasteiger partial charge >= 0.3 is 0 Å². The Hall–Kier alpha value is -1.13. The van der Waals surface area contributed by atoms with Gasteiger partial charge in [0, 0.05) is 25.2 Å². The van der Waals surface area contributed by atoms with Gasteiger partial charge in [0.15, 0.2) is 0 Å². The van der Waals surface area contributed by atoms with E-state index in [0.29, 0.717) is 12.6 Å². The van der Waals surface area contributed by atoms with Gasteiger partial charge in [-0.15, -0.1) is 0 Å². The predicted octanol–water partition coefficient (Wildman–Crippen LogP) is 2.11. The maximum atomic E-state index is 13.3. The summed E-state index contributed by atoms with van der Waals surface area (Å²) in [6.07, 6.45) is 2.22. The van der Waals surface area contributed by atoms with Crippen LogP contribution in [0.3, 0.4) is 0 Å². The summed E-state index contributed by atoms with van der Waals surface area (Å²) in [5.74, 6) is -0.364. The molecule has 3 nitrogen and oxygen atoms in total. The molecule has 1 aromatic rings. The number of aromatic hydroxyl groups is 1. The van der Waals surface area contributed by atoms with Crippen LogP contribution >= 0.6 is 0 Å². The maximum Gasteiger partial charge on any atom is 0.127 e. The van der Waals surface area contributed by atoms with Crippen LogP contribution in [0.4, 0.5) is 4.39 Å². The van der Waals surface area contributed by atoms with Crippen LogP contribution in [0.2, 0.25) is 0 Å². The molecule has 100 valence electrons. The predicted molar refractivity (Wildman–Crippen MR) is 70.0 cm³/mol. The molecule has 0 aliphatic carbocycles. The molecule has 0 aromatic heterocycles. The van der Waals surface area contributed by atoms with Crippen LogP contribution in [-0.4, -0.2) is 35.7 Å². The third-order valence-corrected chi connectivity index (χ3v) is 3.39. The van der Waals surface area contributed by atoms with Crippen molar-refractivity contribution in [2.75, 3.05) is 19.6 Å². The van der Waals surface area contributed by atoms with E-state index in [4.69, 9.17) is 0 Å². The second-order valence-corrected chi connectivity index (χ2v) is 4.93. The molecule has 1 aliphatic heterocycles. The molecule has 0 radical (unpaired) electrons. The fourth-order valence-electron chi connectivity index (χ4n) is 2.59. The van der Waals surface area contributed by atoms with E-state index >= 15 is 0 Å². The Morgan fingerprint density at radius 3 is 2.89 bits per heavy atom. The Labute approximate surface area is 108 Å². The van der Waals surface area contributed by atoms with Gasteiger partial charge in [-0.25, -0.2) is 4.39 Å². The molecule has 0 bridgehead atoms. The standard InChI is InChI=1S/C14H21FN2O/c1-2-5-17(13-3-4-16-9-13)10-11-6-12(15)8-14(18)7-11/h6-8,13,16,18H,2-5,9-10H2,1H3. The van der Waals surface area contributed by atoms with Gasteiger partial charge < -0.3 is 10.4 Å². The van der Waals surface area contributed by atoms with Crippen molar-refractivity contribution in [3.63, 3.8) is 0 Å². The maximum absolute atomic E-state index is 13.3. The molecule has 2 rings (SSSR count). The molecule has 1 fully saturated rings. The molecule has 0 amide bonds. The number of halogens is 1. The first-order chi connectivity index (χ1) is 8.69. The van der Waals surface area contributed by atoms with Gasteiger partial charge in [0.05, 0.1) is 0 Å². The number of hydrogen-bond acceptors (Lipinski definition) is 3. The van der Waals surface area contributed by atoms with Crippen LogP contribution in [0, 0.1) is 5.82 Å². The van der Waals surface area contributed by atoms with E-state index in [1.807, 2.05) is 0 Å². The first-order valence-electron chi connectivity index (χ1n) is 6.62. The Morgan fingerprint density at radius 2 is 2.28 bits per heavy atom. The van der Waals surface area contributed by atoms with Gasteiger partial charge in [0.2, 0.25) is 0 Å². The number of rotatable bonds is 5. The van der Waals surface area contributed by atoms with E-state index in [1.54, 1.807) is 6.07 Å². The molecule has 4 heteroatoms. The number of benzene rings is 1. The molecular weight excluding hydrogens is 231 g/mol. The van der Waals surface area contributed by atoms with Crippen LogP contribution in [0.25, 0.3) is 0 Å². The molecule has 0 spiro atoms. The zero-order chi connectivity index (χ0) is 13.0. The van der Waals surface area contributed by atoms with Crippen molar-refractivity contribution in [1.29, 1.82) is 0 Å². The van der Waals surface area contributed by atoms with Crippen molar-refractivity contribution in [3.05, 3.63) is 29.6 Å². The largest absolute Gasteiger partial charge is 0.508 e. The highest BCUT2D eigenvalue weighted by Gasteiger charge is 2.21.